The molecule has 0 atom stereocenters. The summed E-state index contributed by atoms with van der Waals surface area (Å²) in [6, 6.07) is 0. The third-order valence-corrected chi connectivity index (χ3v) is 2.75. The van der Waals surface area contributed by atoms with Gasteiger partial charge in [0.1, 0.15) is 0 Å². The summed E-state index contributed by atoms with van der Waals surface area (Å²) in [5, 5.41) is 0. The summed E-state index contributed by atoms with van der Waals surface area (Å²) in [7, 11) is -3.43. The fraction of sp³-hybridized carbons (Fsp3) is 0.875. The standard InChI is InChI=1S/C8H18N2O4S/c1-3-5-7-15(12,13)10-9-8(11)14-6-4-2/h10H,3-7H2,1-2H3,(H,9,11). The lowest BCUT2D eigenvalue weighted by atomic mass is 10.4. The SMILES string of the molecule is CCCCS(=O)(=O)NNC(=O)OCCC. The van der Waals surface area contributed by atoms with Crippen molar-refractivity contribution in [2.45, 2.75) is 33.1 Å². The molecule has 0 aliphatic carbocycles. The number of hydrogen-bond donors (Lipinski definition) is 2. The first-order chi connectivity index (χ1) is 7.02. The van der Waals surface area contributed by atoms with Crippen molar-refractivity contribution < 1.29 is 17.9 Å². The second-order valence-corrected chi connectivity index (χ2v) is 4.88. The molecule has 0 bridgehead atoms. The lowest BCUT2D eigenvalue weighted by Gasteiger charge is -2.07. The smallest absolute Gasteiger partial charge is 0.422 e. The van der Waals surface area contributed by atoms with Gasteiger partial charge in [0.05, 0.1) is 12.4 Å². The van der Waals surface area contributed by atoms with Crippen molar-refractivity contribution >= 4 is 16.1 Å². The minimum atomic E-state index is -3.43. The van der Waals surface area contributed by atoms with Crippen LogP contribution in [0.15, 0.2) is 0 Å². The van der Waals surface area contributed by atoms with Gasteiger partial charge in [-0.3, -0.25) is 0 Å². The van der Waals surface area contributed by atoms with Gasteiger partial charge < -0.3 is 4.74 Å². The number of unbranched alkanes of at least 4 members (excludes halogenated alkanes) is 1. The lowest BCUT2D eigenvalue weighted by molar-refractivity contribution is 0.144. The van der Waals surface area contributed by atoms with E-state index in [9.17, 15) is 13.2 Å². The monoisotopic (exact) mass is 238 g/mol. The summed E-state index contributed by atoms with van der Waals surface area (Å²) in [4.78, 5) is 12.8. The molecule has 0 saturated heterocycles. The van der Waals surface area contributed by atoms with Crippen molar-refractivity contribution in [1.82, 2.24) is 10.3 Å². The molecule has 6 nitrogen and oxygen atoms in total. The van der Waals surface area contributed by atoms with Crippen molar-refractivity contribution in [1.29, 1.82) is 0 Å². The molecular weight excluding hydrogens is 220 g/mol. The van der Waals surface area contributed by atoms with E-state index in [-0.39, 0.29) is 12.4 Å². The van der Waals surface area contributed by atoms with Crippen molar-refractivity contribution in [3.63, 3.8) is 0 Å². The van der Waals surface area contributed by atoms with Gasteiger partial charge >= 0.3 is 6.09 Å². The van der Waals surface area contributed by atoms with Gasteiger partial charge in [-0.25, -0.2) is 18.6 Å². The van der Waals surface area contributed by atoms with Crippen LogP contribution < -0.4 is 10.3 Å². The number of nitrogens with one attached hydrogen (secondary N) is 2. The van der Waals surface area contributed by atoms with Gasteiger partial charge in [0.15, 0.2) is 0 Å². The highest BCUT2D eigenvalue weighted by molar-refractivity contribution is 7.89. The van der Waals surface area contributed by atoms with Crippen LogP contribution in [0.2, 0.25) is 0 Å². The highest BCUT2D eigenvalue weighted by atomic mass is 32.2. The molecular formula is C8H18N2O4S. The zero-order valence-electron chi connectivity index (χ0n) is 9.08. The second-order valence-electron chi connectivity index (χ2n) is 3.04. The molecule has 1 amide bonds. The molecule has 0 spiro atoms. The van der Waals surface area contributed by atoms with E-state index < -0.39 is 16.1 Å². The molecule has 90 valence electrons. The van der Waals surface area contributed by atoms with Crippen LogP contribution >= 0.6 is 0 Å². The molecule has 0 saturated carbocycles. The molecule has 0 heterocycles. The second kappa shape index (κ2) is 7.47. The van der Waals surface area contributed by atoms with E-state index in [1.165, 1.54) is 0 Å². The largest absolute Gasteiger partial charge is 0.449 e. The molecule has 0 aromatic heterocycles. The summed E-state index contributed by atoms with van der Waals surface area (Å²) in [6.07, 6.45) is 1.25. The third-order valence-electron chi connectivity index (χ3n) is 1.51. The van der Waals surface area contributed by atoms with Crippen molar-refractivity contribution in [3.05, 3.63) is 0 Å². The number of amides is 1. The van der Waals surface area contributed by atoms with Gasteiger partial charge in [-0.1, -0.05) is 20.3 Å². The normalized spacial score (nSPS) is 11.1. The van der Waals surface area contributed by atoms with E-state index in [0.717, 1.165) is 6.42 Å². The van der Waals surface area contributed by atoms with E-state index in [0.29, 0.717) is 12.8 Å². The number of ether oxygens (including phenoxy) is 1. The molecule has 2 N–H and O–H groups in total. The van der Waals surface area contributed by atoms with Gasteiger partial charge in [0, 0.05) is 0 Å². The Kier molecular flexibility index (Phi) is 7.06. The fourth-order valence-corrected chi connectivity index (χ4v) is 1.75. The van der Waals surface area contributed by atoms with Crippen molar-refractivity contribution in [2.24, 2.45) is 0 Å². The molecule has 0 aliphatic heterocycles. The molecule has 0 rings (SSSR count). The zero-order valence-corrected chi connectivity index (χ0v) is 9.89. The van der Waals surface area contributed by atoms with Crippen LogP contribution in [0.5, 0.6) is 0 Å². The van der Waals surface area contributed by atoms with Crippen LogP contribution in [0.1, 0.15) is 33.1 Å². The molecule has 0 radical (unpaired) electrons. The topological polar surface area (TPSA) is 84.5 Å². The average molecular weight is 238 g/mol. The number of carbonyl (C=O) groups is 1. The number of hydrogen-bond acceptors (Lipinski definition) is 4. The summed E-state index contributed by atoms with van der Waals surface area (Å²) in [6.45, 7) is 4.00. The molecule has 0 unspecified atom stereocenters. The molecule has 0 aromatic carbocycles. The first kappa shape index (κ1) is 14.2. The van der Waals surface area contributed by atoms with E-state index in [1.54, 1.807) is 0 Å². The van der Waals surface area contributed by atoms with Gasteiger partial charge in [0.25, 0.3) is 0 Å². The van der Waals surface area contributed by atoms with Gasteiger partial charge in [0.2, 0.25) is 10.0 Å². The first-order valence-electron chi connectivity index (χ1n) is 4.94. The Hall–Kier alpha value is -0.820. The summed E-state index contributed by atoms with van der Waals surface area (Å²) >= 11 is 0. The van der Waals surface area contributed by atoms with Gasteiger partial charge in [-0.2, -0.15) is 0 Å². The predicted octanol–water partition coefficient (Wildman–Crippen LogP) is 0.757. The third kappa shape index (κ3) is 8.19. The Bertz CT molecular complexity index is 276. The Balaban J connectivity index is 3.78. The number of hydrazine groups is 1. The van der Waals surface area contributed by atoms with Gasteiger partial charge in [-0.05, 0) is 12.8 Å². The van der Waals surface area contributed by atoms with E-state index in [1.807, 2.05) is 24.1 Å². The molecule has 7 heteroatoms. The first-order valence-corrected chi connectivity index (χ1v) is 6.59. The summed E-state index contributed by atoms with van der Waals surface area (Å²) in [5.74, 6) is -0.00242. The molecule has 15 heavy (non-hydrogen) atoms. The Morgan fingerprint density at radius 3 is 2.47 bits per heavy atom. The van der Waals surface area contributed by atoms with Gasteiger partial charge in [-0.15, -0.1) is 4.83 Å². The maximum absolute atomic E-state index is 11.2. The number of carbonyl (C=O) groups excluding carboxylic acids is 1. The van der Waals surface area contributed by atoms with E-state index in [4.69, 9.17) is 0 Å². The van der Waals surface area contributed by atoms with Crippen LogP contribution in [-0.2, 0) is 14.8 Å². The van der Waals surface area contributed by atoms with Crippen LogP contribution in [0.4, 0.5) is 4.79 Å². The number of sulfonamides is 1. The quantitative estimate of drug-likeness (QED) is 0.641. The van der Waals surface area contributed by atoms with E-state index >= 15 is 0 Å². The molecule has 0 aromatic rings. The Morgan fingerprint density at radius 1 is 1.27 bits per heavy atom. The maximum atomic E-state index is 11.2. The van der Waals surface area contributed by atoms with Crippen LogP contribution in [0, 0.1) is 0 Å². The van der Waals surface area contributed by atoms with Crippen molar-refractivity contribution in [2.75, 3.05) is 12.4 Å². The maximum Gasteiger partial charge on any atom is 0.422 e. The van der Waals surface area contributed by atoms with E-state index in [2.05, 4.69) is 4.74 Å². The number of rotatable bonds is 7. The fourth-order valence-electron chi connectivity index (χ4n) is 0.736. The zero-order chi connectivity index (χ0) is 11.7. The average Bonchev–Trinajstić information content (AvgIpc) is 2.21. The highest BCUT2D eigenvalue weighted by Crippen LogP contribution is 1.92. The lowest BCUT2D eigenvalue weighted by Crippen LogP contribution is -2.43. The molecule has 0 fully saturated rings. The van der Waals surface area contributed by atoms with Crippen LogP contribution in [-0.4, -0.2) is 26.9 Å². The predicted molar refractivity (Wildman–Crippen MR) is 56.6 cm³/mol. The summed E-state index contributed by atoms with van der Waals surface area (Å²) in [5.41, 5.74) is 1.97. The molecule has 0 aliphatic rings. The minimum Gasteiger partial charge on any atom is -0.449 e. The Labute approximate surface area is 90.4 Å². The summed E-state index contributed by atoms with van der Waals surface area (Å²) < 4.78 is 27.0. The minimum absolute atomic E-state index is 0.00242. The van der Waals surface area contributed by atoms with Crippen molar-refractivity contribution in [3.8, 4) is 0 Å². The Morgan fingerprint density at radius 2 is 1.93 bits per heavy atom. The van der Waals surface area contributed by atoms with Crippen LogP contribution in [0.3, 0.4) is 0 Å². The van der Waals surface area contributed by atoms with Crippen LogP contribution in [0.25, 0.3) is 0 Å². The highest BCUT2D eigenvalue weighted by Gasteiger charge is 2.10.